The number of hydrogen-bond acceptors (Lipinski definition) is 2. The van der Waals surface area contributed by atoms with Gasteiger partial charge in [-0.15, -0.1) is 0 Å². The van der Waals surface area contributed by atoms with Gasteiger partial charge in [-0.3, -0.25) is 0 Å². The second kappa shape index (κ2) is 5.51. The van der Waals surface area contributed by atoms with Crippen LogP contribution in [0.1, 0.15) is 12.0 Å². The predicted octanol–water partition coefficient (Wildman–Crippen LogP) is 3.76. The monoisotopic (exact) mass is 280 g/mol. The largest absolute Gasteiger partial charge is 0.398 e. The van der Waals surface area contributed by atoms with Gasteiger partial charge in [0.05, 0.1) is 15.7 Å². The minimum absolute atomic E-state index is 0.578. The van der Waals surface area contributed by atoms with Gasteiger partial charge in [-0.2, -0.15) is 0 Å². The third kappa shape index (κ3) is 3.09. The Morgan fingerprint density at radius 1 is 1.11 bits per heavy atom. The zero-order valence-electron chi connectivity index (χ0n) is 9.79. The van der Waals surface area contributed by atoms with Crippen LogP contribution in [0.2, 0.25) is 5.02 Å². The summed E-state index contributed by atoms with van der Waals surface area (Å²) in [5, 5.41) is 1.16. The Bertz CT molecular complexity index is 557. The molecule has 94 valence electrons. The van der Waals surface area contributed by atoms with Crippen molar-refractivity contribution >= 4 is 28.9 Å². The van der Waals surface area contributed by atoms with Crippen LogP contribution in [-0.2, 0) is 6.42 Å². The molecule has 0 aliphatic heterocycles. The SMILES string of the molecule is NC1=CCC=C(Cc2ccc(N)c(Cl)c2)C=C1Cl. The van der Waals surface area contributed by atoms with Gasteiger partial charge in [0.25, 0.3) is 0 Å². The van der Waals surface area contributed by atoms with E-state index in [0.29, 0.717) is 21.4 Å². The van der Waals surface area contributed by atoms with E-state index in [1.54, 1.807) is 0 Å². The van der Waals surface area contributed by atoms with Crippen molar-refractivity contribution in [2.24, 2.45) is 5.73 Å². The average molecular weight is 281 g/mol. The highest BCUT2D eigenvalue weighted by atomic mass is 35.5. The molecule has 1 aliphatic carbocycles. The molecule has 1 aromatic carbocycles. The second-order valence-corrected chi connectivity index (χ2v) is 5.01. The smallest absolute Gasteiger partial charge is 0.0638 e. The first kappa shape index (κ1) is 13.1. The van der Waals surface area contributed by atoms with Crippen molar-refractivity contribution in [2.75, 3.05) is 5.73 Å². The first-order chi connectivity index (χ1) is 8.56. The molecule has 1 aliphatic rings. The van der Waals surface area contributed by atoms with E-state index in [4.69, 9.17) is 34.7 Å². The summed E-state index contributed by atoms with van der Waals surface area (Å²) < 4.78 is 0. The van der Waals surface area contributed by atoms with Crippen molar-refractivity contribution in [2.45, 2.75) is 12.8 Å². The number of rotatable bonds is 2. The third-order valence-electron chi connectivity index (χ3n) is 2.78. The molecule has 1 aromatic rings. The van der Waals surface area contributed by atoms with Crippen LogP contribution in [-0.4, -0.2) is 0 Å². The van der Waals surface area contributed by atoms with Crippen molar-refractivity contribution in [1.29, 1.82) is 0 Å². The average Bonchev–Trinajstić information content (AvgIpc) is 2.47. The summed E-state index contributed by atoms with van der Waals surface area (Å²) in [6, 6.07) is 5.65. The standard InChI is InChI=1S/C14H14Cl2N2/c15-11-7-9(2-1-3-13(11)17)6-10-4-5-14(18)12(16)8-10/h2-5,7-8H,1,6,17-18H2. The molecule has 2 nitrogen and oxygen atoms in total. The first-order valence-corrected chi connectivity index (χ1v) is 6.38. The highest BCUT2D eigenvalue weighted by Crippen LogP contribution is 2.24. The van der Waals surface area contributed by atoms with Gasteiger partial charge in [0.2, 0.25) is 0 Å². The van der Waals surface area contributed by atoms with E-state index in [1.165, 1.54) is 0 Å². The molecule has 0 saturated heterocycles. The molecule has 0 spiro atoms. The fraction of sp³-hybridized carbons (Fsp3) is 0.143. The van der Waals surface area contributed by atoms with Gasteiger partial charge in [0, 0.05) is 5.70 Å². The van der Waals surface area contributed by atoms with Gasteiger partial charge < -0.3 is 11.5 Å². The zero-order valence-corrected chi connectivity index (χ0v) is 11.3. The van der Waals surface area contributed by atoms with Crippen LogP contribution in [0.4, 0.5) is 5.69 Å². The topological polar surface area (TPSA) is 52.0 Å². The molecule has 0 radical (unpaired) electrons. The Hall–Kier alpha value is -1.38. The number of anilines is 1. The van der Waals surface area contributed by atoms with Crippen LogP contribution < -0.4 is 11.5 Å². The molecule has 0 bridgehead atoms. The summed E-state index contributed by atoms with van der Waals surface area (Å²) in [6.07, 6.45) is 7.45. The Morgan fingerprint density at radius 2 is 1.89 bits per heavy atom. The molecule has 0 fully saturated rings. The van der Waals surface area contributed by atoms with Crippen LogP contribution >= 0.6 is 23.2 Å². The molecule has 0 atom stereocenters. The maximum absolute atomic E-state index is 6.07. The van der Waals surface area contributed by atoms with Crippen LogP contribution in [0.5, 0.6) is 0 Å². The predicted molar refractivity (Wildman–Crippen MR) is 78.5 cm³/mol. The maximum Gasteiger partial charge on any atom is 0.0638 e. The van der Waals surface area contributed by atoms with Crippen LogP contribution in [0, 0.1) is 0 Å². The fourth-order valence-corrected chi connectivity index (χ4v) is 2.20. The highest BCUT2D eigenvalue weighted by Gasteiger charge is 2.06. The van der Waals surface area contributed by atoms with E-state index in [1.807, 2.05) is 30.4 Å². The minimum atomic E-state index is 0.578. The van der Waals surface area contributed by atoms with E-state index in [9.17, 15) is 0 Å². The molecule has 0 unspecified atom stereocenters. The lowest BCUT2D eigenvalue weighted by atomic mass is 10.0. The van der Waals surface area contributed by atoms with Crippen molar-refractivity contribution in [1.82, 2.24) is 0 Å². The summed E-state index contributed by atoms with van der Waals surface area (Å²) in [6.45, 7) is 0. The van der Waals surface area contributed by atoms with Crippen LogP contribution in [0.3, 0.4) is 0 Å². The molecule has 0 amide bonds. The molecule has 4 heteroatoms. The number of nitrogen functional groups attached to an aromatic ring is 1. The van der Waals surface area contributed by atoms with Gasteiger partial charge in [0.1, 0.15) is 0 Å². The van der Waals surface area contributed by atoms with Gasteiger partial charge >= 0.3 is 0 Å². The quantitative estimate of drug-likeness (QED) is 0.811. The normalized spacial score (nSPS) is 15.6. The first-order valence-electron chi connectivity index (χ1n) is 5.62. The summed E-state index contributed by atoms with van der Waals surface area (Å²) in [7, 11) is 0. The molecule has 0 aromatic heterocycles. The van der Waals surface area contributed by atoms with Crippen molar-refractivity contribution < 1.29 is 0 Å². The fourth-order valence-electron chi connectivity index (χ4n) is 1.78. The van der Waals surface area contributed by atoms with E-state index >= 15 is 0 Å². The molecular weight excluding hydrogens is 267 g/mol. The van der Waals surface area contributed by atoms with Gasteiger partial charge in [-0.1, -0.05) is 41.4 Å². The third-order valence-corrected chi connectivity index (χ3v) is 3.43. The number of hydrogen-bond donors (Lipinski definition) is 2. The highest BCUT2D eigenvalue weighted by molar-refractivity contribution is 6.33. The summed E-state index contributed by atoms with van der Waals surface area (Å²) in [4.78, 5) is 0. The van der Waals surface area contributed by atoms with Crippen LogP contribution in [0.25, 0.3) is 0 Å². The van der Waals surface area contributed by atoms with Crippen molar-refractivity contribution in [3.8, 4) is 0 Å². The van der Waals surface area contributed by atoms with E-state index in [-0.39, 0.29) is 0 Å². The zero-order chi connectivity index (χ0) is 13.1. The lowest BCUT2D eigenvalue weighted by Gasteiger charge is -2.05. The van der Waals surface area contributed by atoms with E-state index in [2.05, 4.69) is 6.08 Å². The molecule has 2 rings (SSSR count). The number of halogens is 2. The molecular formula is C14H14Cl2N2. The molecule has 0 heterocycles. The Kier molecular flexibility index (Phi) is 4.00. The summed E-state index contributed by atoms with van der Waals surface area (Å²) in [5.74, 6) is 0. The van der Waals surface area contributed by atoms with Gasteiger partial charge in [-0.25, -0.2) is 0 Å². The van der Waals surface area contributed by atoms with E-state index in [0.717, 1.165) is 24.0 Å². The van der Waals surface area contributed by atoms with Gasteiger partial charge in [0.15, 0.2) is 0 Å². The molecule has 4 N–H and O–H groups in total. The lowest BCUT2D eigenvalue weighted by Crippen LogP contribution is -1.96. The van der Waals surface area contributed by atoms with Gasteiger partial charge in [-0.05, 0) is 42.2 Å². The lowest BCUT2D eigenvalue weighted by molar-refractivity contribution is 1.17. The number of benzene rings is 1. The molecule has 18 heavy (non-hydrogen) atoms. The van der Waals surface area contributed by atoms with Crippen molar-refractivity contribution in [3.05, 3.63) is 63.3 Å². The van der Waals surface area contributed by atoms with E-state index < -0.39 is 0 Å². The number of nitrogens with two attached hydrogens (primary N) is 2. The summed E-state index contributed by atoms with van der Waals surface area (Å²) >= 11 is 12.1. The summed E-state index contributed by atoms with van der Waals surface area (Å²) in [5.41, 5.74) is 14.9. The minimum Gasteiger partial charge on any atom is -0.398 e. The number of allylic oxidation sites excluding steroid dienone is 5. The van der Waals surface area contributed by atoms with Crippen molar-refractivity contribution in [3.63, 3.8) is 0 Å². The maximum atomic E-state index is 6.07. The van der Waals surface area contributed by atoms with Crippen LogP contribution in [0.15, 0.2) is 52.7 Å². The second-order valence-electron chi connectivity index (χ2n) is 4.20. The Balaban J connectivity index is 2.19. The Labute approximate surface area is 117 Å². The molecule has 0 saturated carbocycles. The Morgan fingerprint density at radius 3 is 2.61 bits per heavy atom.